The van der Waals surface area contributed by atoms with Crippen molar-refractivity contribution >= 4 is 22.9 Å². The highest BCUT2D eigenvalue weighted by molar-refractivity contribution is 7.10. The monoisotopic (exact) mass is 199 g/mol. The van der Waals surface area contributed by atoms with E-state index in [1.54, 1.807) is 11.3 Å². The molecule has 0 radical (unpaired) electrons. The highest BCUT2D eigenvalue weighted by Crippen LogP contribution is 2.18. The number of terminal acetylenes is 1. The molecule has 0 amide bonds. The molecule has 1 aromatic rings. The second-order valence-corrected chi connectivity index (χ2v) is 3.93. The molecule has 1 aromatic heterocycles. The lowest BCUT2D eigenvalue weighted by Crippen LogP contribution is -2.22. The first-order valence-corrected chi connectivity index (χ1v) is 4.90. The molecule has 0 aliphatic heterocycles. The summed E-state index contributed by atoms with van der Waals surface area (Å²) in [7, 11) is 0. The van der Waals surface area contributed by atoms with Crippen molar-refractivity contribution in [1.29, 1.82) is 0 Å². The van der Waals surface area contributed by atoms with Gasteiger partial charge in [-0.3, -0.25) is 5.32 Å². The van der Waals surface area contributed by atoms with E-state index in [4.69, 9.17) is 18.0 Å². The van der Waals surface area contributed by atoms with Crippen LogP contribution in [0.3, 0.4) is 0 Å². The van der Waals surface area contributed by atoms with E-state index >= 15 is 0 Å². The van der Waals surface area contributed by atoms with Gasteiger partial charge in [0.15, 0.2) is 0 Å². The number of rotatable bonds is 3. The van der Waals surface area contributed by atoms with Crippen molar-refractivity contribution < 1.29 is 0 Å². The molecule has 0 fully saturated rings. The fourth-order valence-corrected chi connectivity index (χ4v) is 1.78. The van der Waals surface area contributed by atoms with Gasteiger partial charge in [-0.25, -0.2) is 0 Å². The van der Waals surface area contributed by atoms with E-state index in [9.17, 15) is 0 Å². The van der Waals surface area contributed by atoms with Gasteiger partial charge in [0, 0.05) is 16.8 Å². The van der Waals surface area contributed by atoms with Gasteiger partial charge in [0.25, 0.3) is 0 Å². The van der Waals surface area contributed by atoms with Crippen molar-refractivity contribution in [3.05, 3.63) is 21.3 Å². The Kier molecular flexibility index (Phi) is 3.61. The molecular formula is C9H10ClNS. The zero-order valence-corrected chi connectivity index (χ0v) is 8.38. The number of hydrogen-bond acceptors (Lipinski definition) is 2. The molecule has 64 valence electrons. The Labute approximate surface area is 81.7 Å². The van der Waals surface area contributed by atoms with Crippen LogP contribution >= 0.6 is 22.9 Å². The second kappa shape index (κ2) is 4.51. The smallest absolute Gasteiger partial charge is 0.0661 e. The first kappa shape index (κ1) is 9.60. The van der Waals surface area contributed by atoms with Gasteiger partial charge in [-0.1, -0.05) is 17.5 Å². The Balaban J connectivity index is 2.39. The zero-order valence-electron chi connectivity index (χ0n) is 6.80. The first-order valence-electron chi connectivity index (χ1n) is 3.65. The van der Waals surface area contributed by atoms with Crippen LogP contribution in [0.4, 0.5) is 0 Å². The third-order valence-electron chi connectivity index (χ3n) is 1.45. The summed E-state index contributed by atoms with van der Waals surface area (Å²) in [5.74, 6) is 2.60. The molecule has 1 atom stereocenters. The normalized spacial score (nSPS) is 12.4. The molecule has 1 nitrogen and oxygen atoms in total. The molecule has 3 heteroatoms. The van der Waals surface area contributed by atoms with Crippen LogP contribution < -0.4 is 5.32 Å². The van der Waals surface area contributed by atoms with E-state index in [0.29, 0.717) is 0 Å². The number of halogens is 1. The molecule has 1 heterocycles. The lowest BCUT2D eigenvalue weighted by atomic mass is 10.3. The standard InChI is InChI=1S/C9H10ClNS/c1-3-7(2)11-5-9-4-8(10)6-12-9/h1,4,6-7,11H,5H2,2H3. The zero-order chi connectivity index (χ0) is 8.97. The van der Waals surface area contributed by atoms with E-state index in [2.05, 4.69) is 11.2 Å². The van der Waals surface area contributed by atoms with Crippen LogP contribution in [0.1, 0.15) is 11.8 Å². The summed E-state index contributed by atoms with van der Waals surface area (Å²) in [6.45, 7) is 2.75. The van der Waals surface area contributed by atoms with Crippen LogP contribution in [0.5, 0.6) is 0 Å². The van der Waals surface area contributed by atoms with E-state index in [1.807, 2.05) is 18.4 Å². The highest BCUT2D eigenvalue weighted by atomic mass is 35.5. The van der Waals surface area contributed by atoms with Crippen molar-refractivity contribution in [2.24, 2.45) is 0 Å². The quantitative estimate of drug-likeness (QED) is 0.738. The van der Waals surface area contributed by atoms with Gasteiger partial charge < -0.3 is 0 Å². The summed E-state index contributed by atoms with van der Waals surface area (Å²) < 4.78 is 0. The fourth-order valence-electron chi connectivity index (χ4n) is 0.759. The van der Waals surface area contributed by atoms with Gasteiger partial charge in [-0.05, 0) is 13.0 Å². The summed E-state index contributed by atoms with van der Waals surface area (Å²) in [6, 6.07) is 2.06. The van der Waals surface area contributed by atoms with Crippen molar-refractivity contribution in [1.82, 2.24) is 5.32 Å². The fraction of sp³-hybridized carbons (Fsp3) is 0.333. The summed E-state index contributed by atoms with van der Waals surface area (Å²) in [5, 5.41) is 5.89. The molecule has 1 N–H and O–H groups in total. The maximum Gasteiger partial charge on any atom is 0.0661 e. The molecule has 0 bridgehead atoms. The van der Waals surface area contributed by atoms with E-state index < -0.39 is 0 Å². The lowest BCUT2D eigenvalue weighted by Gasteiger charge is -2.04. The van der Waals surface area contributed by atoms with Gasteiger partial charge in [0.1, 0.15) is 0 Å². The summed E-state index contributed by atoms with van der Waals surface area (Å²) in [6.07, 6.45) is 5.21. The van der Waals surface area contributed by atoms with Crippen molar-refractivity contribution in [3.63, 3.8) is 0 Å². The Morgan fingerprint density at radius 2 is 2.58 bits per heavy atom. The molecular weight excluding hydrogens is 190 g/mol. The average Bonchev–Trinajstić information content (AvgIpc) is 2.47. The molecule has 0 saturated heterocycles. The minimum atomic E-state index is 0.117. The Morgan fingerprint density at radius 3 is 3.08 bits per heavy atom. The molecule has 0 aliphatic rings. The lowest BCUT2D eigenvalue weighted by molar-refractivity contribution is 0.654. The van der Waals surface area contributed by atoms with Crippen LogP contribution in [0.25, 0.3) is 0 Å². The number of thiophene rings is 1. The molecule has 0 aromatic carbocycles. The Bertz CT molecular complexity index is 287. The minimum absolute atomic E-state index is 0.117. The van der Waals surface area contributed by atoms with Gasteiger partial charge in [0.05, 0.1) is 11.1 Å². The largest absolute Gasteiger partial charge is 0.299 e. The molecule has 1 unspecified atom stereocenters. The van der Waals surface area contributed by atoms with Gasteiger partial charge in [0.2, 0.25) is 0 Å². The topological polar surface area (TPSA) is 12.0 Å². The molecule has 0 spiro atoms. The maximum atomic E-state index is 5.75. The minimum Gasteiger partial charge on any atom is -0.299 e. The maximum absolute atomic E-state index is 5.75. The summed E-state index contributed by atoms with van der Waals surface area (Å²) in [4.78, 5) is 1.21. The average molecular weight is 200 g/mol. The van der Waals surface area contributed by atoms with Crippen LogP contribution in [0, 0.1) is 12.3 Å². The van der Waals surface area contributed by atoms with Crippen molar-refractivity contribution in [2.75, 3.05) is 0 Å². The van der Waals surface area contributed by atoms with Crippen LogP contribution in [0.2, 0.25) is 5.02 Å². The Morgan fingerprint density at radius 1 is 1.83 bits per heavy atom. The van der Waals surface area contributed by atoms with Crippen LogP contribution in [-0.2, 0) is 6.54 Å². The van der Waals surface area contributed by atoms with Gasteiger partial charge >= 0.3 is 0 Å². The predicted molar refractivity (Wildman–Crippen MR) is 54.5 cm³/mol. The summed E-state index contributed by atoms with van der Waals surface area (Å²) in [5.41, 5.74) is 0. The van der Waals surface area contributed by atoms with Crippen molar-refractivity contribution in [2.45, 2.75) is 19.5 Å². The third-order valence-corrected chi connectivity index (χ3v) is 2.74. The molecule has 0 aliphatic carbocycles. The third kappa shape index (κ3) is 2.86. The molecule has 12 heavy (non-hydrogen) atoms. The Hall–Kier alpha value is -0.490. The van der Waals surface area contributed by atoms with Crippen LogP contribution in [0.15, 0.2) is 11.4 Å². The van der Waals surface area contributed by atoms with Gasteiger partial charge in [-0.2, -0.15) is 0 Å². The SMILES string of the molecule is C#CC(C)NCc1cc(Cl)cs1. The van der Waals surface area contributed by atoms with Crippen LogP contribution in [-0.4, -0.2) is 6.04 Å². The van der Waals surface area contributed by atoms with E-state index in [0.717, 1.165) is 11.6 Å². The summed E-state index contributed by atoms with van der Waals surface area (Å²) >= 11 is 7.39. The molecule has 1 rings (SSSR count). The highest BCUT2D eigenvalue weighted by Gasteiger charge is 1.99. The van der Waals surface area contributed by atoms with Gasteiger partial charge in [-0.15, -0.1) is 17.8 Å². The second-order valence-electron chi connectivity index (χ2n) is 2.50. The number of hydrogen-bond donors (Lipinski definition) is 1. The molecule has 0 saturated carbocycles. The van der Waals surface area contributed by atoms with Crippen molar-refractivity contribution in [3.8, 4) is 12.3 Å². The number of nitrogens with one attached hydrogen (secondary N) is 1. The first-order chi connectivity index (χ1) is 5.72. The van der Waals surface area contributed by atoms with E-state index in [-0.39, 0.29) is 6.04 Å². The predicted octanol–water partition coefficient (Wildman–Crippen LogP) is 2.51. The van der Waals surface area contributed by atoms with E-state index in [1.165, 1.54) is 4.88 Å².